The average molecular weight is 489 g/mol. The van der Waals surface area contributed by atoms with Crippen molar-refractivity contribution in [3.8, 4) is 5.75 Å². The van der Waals surface area contributed by atoms with Gasteiger partial charge in [-0.2, -0.15) is 0 Å². The van der Waals surface area contributed by atoms with Gasteiger partial charge in [-0.15, -0.1) is 12.4 Å². The van der Waals surface area contributed by atoms with Crippen LogP contribution in [-0.2, 0) is 13.2 Å². The summed E-state index contributed by atoms with van der Waals surface area (Å²) in [5.74, 6) is 0.784. The fraction of sp³-hybridized carbons (Fsp3) is 0.154. The zero-order valence-corrected chi connectivity index (χ0v) is 19.6. The molecule has 4 aromatic rings. The molecule has 4 aromatic carbocycles. The van der Waals surface area contributed by atoms with Crippen LogP contribution in [0, 0.1) is 0 Å². The van der Waals surface area contributed by atoms with E-state index >= 15 is 0 Å². The monoisotopic (exact) mass is 487 g/mol. The van der Waals surface area contributed by atoms with E-state index in [-0.39, 0.29) is 12.4 Å². The van der Waals surface area contributed by atoms with Crippen molar-refractivity contribution in [2.75, 3.05) is 6.54 Å². The van der Waals surface area contributed by atoms with Crippen molar-refractivity contribution >= 4 is 46.4 Å². The molecule has 6 heteroatoms. The predicted molar refractivity (Wildman–Crippen MR) is 135 cm³/mol. The SMILES string of the molecule is Cl.OC(CNCc1c(OCc2ccc(Cl)cc2Cl)ccc2ccccc12)c1ccccc1. The Hall–Kier alpha value is -2.27. The zero-order chi connectivity index (χ0) is 21.6. The maximum absolute atomic E-state index is 10.5. The third-order valence-corrected chi connectivity index (χ3v) is 5.81. The summed E-state index contributed by atoms with van der Waals surface area (Å²) >= 11 is 12.3. The average Bonchev–Trinajstić information content (AvgIpc) is 2.79. The number of halogens is 3. The highest BCUT2D eigenvalue weighted by Gasteiger charge is 2.12. The molecular weight excluding hydrogens is 465 g/mol. The number of hydrogen-bond acceptors (Lipinski definition) is 3. The van der Waals surface area contributed by atoms with Crippen LogP contribution in [0.2, 0.25) is 10.0 Å². The van der Waals surface area contributed by atoms with Crippen LogP contribution in [0.4, 0.5) is 0 Å². The number of aliphatic hydroxyl groups is 1. The molecule has 0 aliphatic heterocycles. The number of hydrogen-bond donors (Lipinski definition) is 2. The molecule has 4 rings (SSSR count). The molecule has 0 radical (unpaired) electrons. The molecule has 2 N–H and O–H groups in total. The van der Waals surface area contributed by atoms with E-state index in [1.54, 1.807) is 12.1 Å². The van der Waals surface area contributed by atoms with Gasteiger partial charge in [0.05, 0.1) is 6.10 Å². The van der Waals surface area contributed by atoms with Crippen LogP contribution >= 0.6 is 35.6 Å². The maximum atomic E-state index is 10.5. The predicted octanol–water partition coefficient (Wildman–Crippen LogP) is 6.97. The maximum Gasteiger partial charge on any atom is 0.124 e. The molecule has 0 saturated heterocycles. The number of nitrogens with one attached hydrogen (secondary N) is 1. The Balaban J connectivity index is 0.00000289. The lowest BCUT2D eigenvalue weighted by molar-refractivity contribution is 0.174. The molecule has 0 heterocycles. The Kier molecular flexibility index (Phi) is 8.80. The second-order valence-corrected chi connectivity index (χ2v) is 8.19. The number of rotatable bonds is 8. The standard InChI is InChI=1S/C26H23Cl2NO2.ClH/c27-21-12-10-20(24(28)14-21)17-31-26-13-11-18-6-4-5-9-22(18)23(26)15-29-16-25(30)19-7-2-1-3-8-19;/h1-14,25,29-30H,15-17H2;1H. The molecule has 0 aliphatic carbocycles. The lowest BCUT2D eigenvalue weighted by atomic mass is 10.0. The topological polar surface area (TPSA) is 41.5 Å². The molecule has 3 nitrogen and oxygen atoms in total. The van der Waals surface area contributed by atoms with Crippen LogP contribution in [-0.4, -0.2) is 11.7 Å². The molecule has 0 spiro atoms. The fourth-order valence-corrected chi connectivity index (χ4v) is 4.02. The molecular formula is C26H24Cl3NO2. The van der Waals surface area contributed by atoms with E-state index < -0.39 is 6.10 Å². The van der Waals surface area contributed by atoms with E-state index in [0.29, 0.717) is 29.7 Å². The van der Waals surface area contributed by atoms with E-state index in [1.807, 2.05) is 54.6 Å². The quantitative estimate of drug-likeness (QED) is 0.281. The Morgan fingerprint density at radius 3 is 2.41 bits per heavy atom. The van der Waals surface area contributed by atoms with E-state index in [2.05, 4.69) is 23.5 Å². The second kappa shape index (κ2) is 11.6. The molecule has 0 aliphatic rings. The first-order valence-corrected chi connectivity index (χ1v) is 10.9. The highest BCUT2D eigenvalue weighted by Crippen LogP contribution is 2.30. The smallest absolute Gasteiger partial charge is 0.124 e. The summed E-state index contributed by atoms with van der Waals surface area (Å²) in [5, 5.41) is 17.3. The van der Waals surface area contributed by atoms with Crippen LogP contribution in [0.1, 0.15) is 22.8 Å². The number of ether oxygens (including phenoxy) is 1. The van der Waals surface area contributed by atoms with Gasteiger partial charge in [-0.25, -0.2) is 0 Å². The van der Waals surface area contributed by atoms with E-state index in [0.717, 1.165) is 33.2 Å². The van der Waals surface area contributed by atoms with Crippen LogP contribution in [0.3, 0.4) is 0 Å². The van der Waals surface area contributed by atoms with Crippen LogP contribution in [0.25, 0.3) is 10.8 Å². The summed E-state index contributed by atoms with van der Waals surface area (Å²) in [6.07, 6.45) is -0.576. The summed E-state index contributed by atoms with van der Waals surface area (Å²) in [4.78, 5) is 0. The number of aliphatic hydroxyl groups excluding tert-OH is 1. The number of fused-ring (bicyclic) bond motifs is 1. The van der Waals surface area contributed by atoms with E-state index in [4.69, 9.17) is 27.9 Å². The molecule has 0 saturated carbocycles. The van der Waals surface area contributed by atoms with Gasteiger partial charge in [-0.05, 0) is 34.5 Å². The highest BCUT2D eigenvalue weighted by molar-refractivity contribution is 6.35. The van der Waals surface area contributed by atoms with E-state index in [1.165, 1.54) is 0 Å². The van der Waals surface area contributed by atoms with Gasteiger partial charge in [0.25, 0.3) is 0 Å². The Morgan fingerprint density at radius 2 is 1.62 bits per heavy atom. The van der Waals surface area contributed by atoms with Crippen molar-refractivity contribution in [1.82, 2.24) is 5.32 Å². The molecule has 32 heavy (non-hydrogen) atoms. The highest BCUT2D eigenvalue weighted by atomic mass is 35.5. The Labute approximate surface area is 204 Å². The van der Waals surface area contributed by atoms with E-state index in [9.17, 15) is 5.11 Å². The van der Waals surface area contributed by atoms with Crippen molar-refractivity contribution < 1.29 is 9.84 Å². The summed E-state index contributed by atoms with van der Waals surface area (Å²) < 4.78 is 6.16. The van der Waals surface area contributed by atoms with Gasteiger partial charge in [-0.1, -0.05) is 89.9 Å². The van der Waals surface area contributed by atoms with Gasteiger partial charge in [0.1, 0.15) is 12.4 Å². The summed E-state index contributed by atoms with van der Waals surface area (Å²) in [7, 11) is 0. The molecule has 0 aromatic heterocycles. The Morgan fingerprint density at radius 1 is 0.875 bits per heavy atom. The first kappa shape index (κ1) is 24.4. The molecule has 0 fully saturated rings. The van der Waals surface area contributed by atoms with Gasteiger partial charge in [0, 0.05) is 34.3 Å². The molecule has 0 bridgehead atoms. The lowest BCUT2D eigenvalue weighted by Gasteiger charge is -2.17. The van der Waals surface area contributed by atoms with Crippen molar-refractivity contribution in [3.63, 3.8) is 0 Å². The van der Waals surface area contributed by atoms with Crippen LogP contribution < -0.4 is 10.1 Å². The van der Waals surface area contributed by atoms with Gasteiger partial charge in [0.2, 0.25) is 0 Å². The minimum Gasteiger partial charge on any atom is -0.488 e. The number of benzene rings is 4. The van der Waals surface area contributed by atoms with Gasteiger partial charge in [-0.3, -0.25) is 0 Å². The first-order chi connectivity index (χ1) is 15.1. The lowest BCUT2D eigenvalue weighted by Crippen LogP contribution is -2.21. The Bertz CT molecular complexity index is 1170. The second-order valence-electron chi connectivity index (χ2n) is 7.35. The molecule has 166 valence electrons. The summed E-state index contributed by atoms with van der Waals surface area (Å²) in [6, 6.07) is 27.3. The third-order valence-electron chi connectivity index (χ3n) is 5.22. The minimum absolute atomic E-state index is 0. The largest absolute Gasteiger partial charge is 0.488 e. The van der Waals surface area contributed by atoms with Crippen molar-refractivity contribution in [2.45, 2.75) is 19.3 Å². The zero-order valence-electron chi connectivity index (χ0n) is 17.3. The van der Waals surface area contributed by atoms with Crippen LogP contribution in [0.5, 0.6) is 5.75 Å². The molecule has 1 atom stereocenters. The minimum atomic E-state index is -0.576. The van der Waals surface area contributed by atoms with Crippen molar-refractivity contribution in [3.05, 3.63) is 112 Å². The van der Waals surface area contributed by atoms with Crippen molar-refractivity contribution in [1.29, 1.82) is 0 Å². The van der Waals surface area contributed by atoms with Crippen LogP contribution in [0.15, 0.2) is 84.9 Å². The molecule has 1 unspecified atom stereocenters. The van der Waals surface area contributed by atoms with Gasteiger partial charge >= 0.3 is 0 Å². The summed E-state index contributed by atoms with van der Waals surface area (Å²) in [5.41, 5.74) is 2.81. The van der Waals surface area contributed by atoms with Gasteiger partial charge < -0.3 is 15.2 Å². The van der Waals surface area contributed by atoms with Gasteiger partial charge in [0.15, 0.2) is 0 Å². The first-order valence-electron chi connectivity index (χ1n) is 10.1. The molecule has 0 amide bonds. The van der Waals surface area contributed by atoms with Crippen molar-refractivity contribution in [2.24, 2.45) is 0 Å². The fourth-order valence-electron chi connectivity index (χ4n) is 3.55. The third kappa shape index (κ3) is 5.94. The summed E-state index contributed by atoms with van der Waals surface area (Å²) in [6.45, 7) is 1.35. The normalized spacial score (nSPS) is 11.7.